The highest BCUT2D eigenvalue weighted by molar-refractivity contribution is 8.15. The highest BCUT2D eigenvalue weighted by Gasteiger charge is 2.42. The molecule has 10 heteroatoms. The van der Waals surface area contributed by atoms with Crippen molar-refractivity contribution in [3.8, 4) is 5.75 Å². The van der Waals surface area contributed by atoms with Crippen molar-refractivity contribution in [3.05, 3.63) is 95.1 Å². The Labute approximate surface area is 255 Å². The number of aryl methyl sites for hydroxylation is 1. The van der Waals surface area contributed by atoms with E-state index in [1.54, 1.807) is 7.11 Å². The molecular formula is C33H35N5O4S. The van der Waals surface area contributed by atoms with Crippen LogP contribution in [0.4, 0.5) is 5.69 Å². The van der Waals surface area contributed by atoms with E-state index in [-0.39, 0.29) is 30.6 Å². The van der Waals surface area contributed by atoms with Gasteiger partial charge in [-0.1, -0.05) is 78.8 Å². The van der Waals surface area contributed by atoms with Crippen LogP contribution in [0.1, 0.15) is 48.4 Å². The van der Waals surface area contributed by atoms with Crippen LogP contribution in [-0.2, 0) is 27.5 Å². The number of ether oxygens (including phenoxy) is 1. The summed E-state index contributed by atoms with van der Waals surface area (Å²) in [7, 11) is 1.59. The number of hydrogen-bond donors (Lipinski definition) is 2. The summed E-state index contributed by atoms with van der Waals surface area (Å²) in [5, 5.41) is 5.89. The van der Waals surface area contributed by atoms with Crippen molar-refractivity contribution >= 4 is 46.2 Å². The van der Waals surface area contributed by atoms with E-state index in [2.05, 4.69) is 10.6 Å². The quantitative estimate of drug-likeness (QED) is 0.327. The van der Waals surface area contributed by atoms with E-state index in [0.29, 0.717) is 42.0 Å². The summed E-state index contributed by atoms with van der Waals surface area (Å²) < 4.78 is 5.36. The van der Waals surface area contributed by atoms with Crippen LogP contribution in [0, 0.1) is 6.92 Å². The standard InChI is InChI=1S/C33H35N5O4S/c1-4-28(31(40)35-19-22-15-13-21(2)14-16-22)43-33-37-25-11-7-6-10-24(25)30-36-26(32(41)38(30)33)17-18-29(39)34-20-23-9-5-8-12-27(23)42-3/h5-16,26,28H,4,17-20H2,1-3H3,(H,34,39)(H,35,40)/t26-,28+/m1/s1. The first kappa shape index (κ1) is 30.0. The maximum atomic E-state index is 13.7. The van der Waals surface area contributed by atoms with Crippen LogP contribution in [0.3, 0.4) is 0 Å². The molecule has 0 saturated heterocycles. The number of benzene rings is 3. The zero-order valence-electron chi connectivity index (χ0n) is 24.5. The first-order chi connectivity index (χ1) is 20.9. The molecule has 9 nitrogen and oxygen atoms in total. The number of amidine groups is 2. The lowest BCUT2D eigenvalue weighted by molar-refractivity contribution is -0.125. The largest absolute Gasteiger partial charge is 0.496 e. The van der Waals surface area contributed by atoms with Gasteiger partial charge in [-0.3, -0.25) is 19.4 Å². The average Bonchev–Trinajstić information content (AvgIpc) is 3.37. The fourth-order valence-corrected chi connectivity index (χ4v) is 5.97. The van der Waals surface area contributed by atoms with E-state index in [1.807, 2.05) is 86.6 Å². The maximum Gasteiger partial charge on any atom is 0.259 e. The van der Waals surface area contributed by atoms with Gasteiger partial charge in [-0.05, 0) is 43.5 Å². The van der Waals surface area contributed by atoms with E-state index < -0.39 is 11.3 Å². The molecule has 0 bridgehead atoms. The Bertz CT molecular complexity index is 1570. The van der Waals surface area contributed by atoms with Gasteiger partial charge in [-0.25, -0.2) is 9.89 Å². The van der Waals surface area contributed by atoms with Crippen LogP contribution in [0.2, 0.25) is 0 Å². The molecule has 2 heterocycles. The van der Waals surface area contributed by atoms with Gasteiger partial charge in [0.25, 0.3) is 5.91 Å². The monoisotopic (exact) mass is 597 g/mol. The minimum Gasteiger partial charge on any atom is -0.496 e. The highest BCUT2D eigenvalue weighted by Crippen LogP contribution is 2.36. The molecule has 5 rings (SSSR count). The van der Waals surface area contributed by atoms with E-state index in [1.165, 1.54) is 16.7 Å². The summed E-state index contributed by atoms with van der Waals surface area (Å²) in [5.41, 5.74) is 4.49. The third-order valence-corrected chi connectivity index (χ3v) is 8.68. The first-order valence-corrected chi connectivity index (χ1v) is 15.2. The number of thioether (sulfide) groups is 1. The third kappa shape index (κ3) is 6.97. The van der Waals surface area contributed by atoms with Crippen LogP contribution in [-0.4, -0.2) is 52.0 Å². The zero-order chi connectivity index (χ0) is 30.3. The van der Waals surface area contributed by atoms with Gasteiger partial charge in [0.05, 0.1) is 18.0 Å². The topological polar surface area (TPSA) is 112 Å². The van der Waals surface area contributed by atoms with Crippen LogP contribution in [0.15, 0.2) is 82.8 Å². The second-order valence-electron chi connectivity index (χ2n) is 10.4. The van der Waals surface area contributed by atoms with Crippen molar-refractivity contribution in [1.29, 1.82) is 0 Å². The van der Waals surface area contributed by atoms with Gasteiger partial charge in [0.15, 0.2) is 5.17 Å². The Morgan fingerprint density at radius 3 is 2.51 bits per heavy atom. The fourth-order valence-electron chi connectivity index (χ4n) is 4.93. The molecule has 222 valence electrons. The maximum absolute atomic E-state index is 13.7. The lowest BCUT2D eigenvalue weighted by Crippen LogP contribution is -2.43. The Morgan fingerprint density at radius 2 is 1.74 bits per heavy atom. The van der Waals surface area contributed by atoms with E-state index in [4.69, 9.17) is 14.7 Å². The van der Waals surface area contributed by atoms with Gasteiger partial charge >= 0.3 is 0 Å². The van der Waals surface area contributed by atoms with Gasteiger partial charge in [0.2, 0.25) is 11.8 Å². The van der Waals surface area contributed by atoms with Gasteiger partial charge in [0, 0.05) is 30.6 Å². The van der Waals surface area contributed by atoms with Crippen molar-refractivity contribution < 1.29 is 19.1 Å². The number of para-hydroxylation sites is 2. The molecule has 0 aliphatic carbocycles. The summed E-state index contributed by atoms with van der Waals surface area (Å²) in [6, 6.07) is 22.3. The SMILES string of the molecule is CC[C@H](SC1=Nc2ccccc2C2=N[C@H](CCC(=O)NCc3ccccc3OC)C(=O)N12)C(=O)NCc1ccc(C)cc1. The predicted molar refractivity (Wildman–Crippen MR) is 169 cm³/mol. The molecule has 2 atom stereocenters. The number of amides is 3. The number of nitrogens with one attached hydrogen (secondary N) is 2. The summed E-state index contributed by atoms with van der Waals surface area (Å²) in [4.78, 5) is 50.6. The van der Waals surface area contributed by atoms with Gasteiger partial charge in [-0.15, -0.1) is 0 Å². The number of carbonyl (C=O) groups is 3. The normalized spacial score (nSPS) is 16.0. The van der Waals surface area contributed by atoms with Gasteiger partial charge < -0.3 is 15.4 Å². The highest BCUT2D eigenvalue weighted by atomic mass is 32.2. The summed E-state index contributed by atoms with van der Waals surface area (Å²) >= 11 is 1.26. The van der Waals surface area contributed by atoms with Crippen molar-refractivity contribution in [1.82, 2.24) is 15.5 Å². The molecule has 0 aromatic heterocycles. The molecule has 3 aromatic rings. The first-order valence-electron chi connectivity index (χ1n) is 14.4. The average molecular weight is 598 g/mol. The molecule has 0 spiro atoms. The van der Waals surface area contributed by atoms with Crippen LogP contribution >= 0.6 is 11.8 Å². The molecule has 0 radical (unpaired) electrons. The number of carbonyl (C=O) groups excluding carboxylic acids is 3. The lowest BCUT2D eigenvalue weighted by atomic mass is 10.1. The molecule has 2 aliphatic heterocycles. The van der Waals surface area contributed by atoms with Gasteiger partial charge in [0.1, 0.15) is 17.6 Å². The third-order valence-electron chi connectivity index (χ3n) is 7.36. The Kier molecular flexibility index (Phi) is 9.56. The molecule has 3 aromatic carbocycles. The Hall–Kier alpha value is -4.44. The number of hydrogen-bond acceptors (Lipinski definition) is 7. The minimum atomic E-state index is -0.723. The molecule has 3 amide bonds. The fraction of sp³-hybridized carbons (Fsp3) is 0.303. The molecule has 2 aliphatic rings. The van der Waals surface area contributed by atoms with Crippen LogP contribution < -0.4 is 15.4 Å². The lowest BCUT2D eigenvalue weighted by Gasteiger charge is -2.27. The minimum absolute atomic E-state index is 0.122. The molecule has 2 N–H and O–H groups in total. The zero-order valence-corrected chi connectivity index (χ0v) is 25.3. The Balaban J connectivity index is 1.25. The van der Waals surface area contributed by atoms with Crippen molar-refractivity contribution in [3.63, 3.8) is 0 Å². The van der Waals surface area contributed by atoms with Gasteiger partial charge in [-0.2, -0.15) is 0 Å². The summed E-state index contributed by atoms with van der Waals surface area (Å²) in [6.45, 7) is 4.71. The second kappa shape index (κ2) is 13.7. The van der Waals surface area contributed by atoms with E-state index in [0.717, 1.165) is 22.3 Å². The van der Waals surface area contributed by atoms with Crippen molar-refractivity contribution in [2.24, 2.45) is 9.98 Å². The second-order valence-corrected chi connectivity index (χ2v) is 11.6. The van der Waals surface area contributed by atoms with Crippen molar-refractivity contribution in [2.45, 2.75) is 57.5 Å². The molecule has 43 heavy (non-hydrogen) atoms. The number of rotatable bonds is 11. The number of aliphatic imine (C=N–C) groups is 2. The molecule has 0 unspecified atom stereocenters. The molecular weight excluding hydrogens is 562 g/mol. The molecule has 0 saturated carbocycles. The Morgan fingerprint density at radius 1 is 1.00 bits per heavy atom. The summed E-state index contributed by atoms with van der Waals surface area (Å²) in [6.07, 6.45) is 0.941. The smallest absolute Gasteiger partial charge is 0.259 e. The van der Waals surface area contributed by atoms with E-state index in [9.17, 15) is 14.4 Å². The van der Waals surface area contributed by atoms with E-state index >= 15 is 0 Å². The number of methoxy groups -OCH3 is 1. The van der Waals surface area contributed by atoms with Crippen LogP contribution in [0.25, 0.3) is 0 Å². The summed E-state index contributed by atoms with van der Waals surface area (Å²) in [5.74, 6) is 0.664. The van der Waals surface area contributed by atoms with Crippen LogP contribution in [0.5, 0.6) is 5.75 Å². The number of nitrogens with zero attached hydrogens (tertiary/aromatic N) is 3. The number of fused-ring (bicyclic) bond motifs is 3. The van der Waals surface area contributed by atoms with Crippen molar-refractivity contribution in [2.75, 3.05) is 7.11 Å². The molecule has 0 fully saturated rings. The predicted octanol–water partition coefficient (Wildman–Crippen LogP) is 4.89.